The summed E-state index contributed by atoms with van der Waals surface area (Å²) >= 11 is 9.36. The van der Waals surface area contributed by atoms with E-state index in [1.54, 1.807) is 0 Å². The SMILES string of the molecule is Cc1cc(C)c(N2CCN(C(=S)S)CC2)c(C)c1. The number of aryl methyl sites for hydroxylation is 3. The first-order valence-electron chi connectivity index (χ1n) is 6.29. The Balaban J connectivity index is 2.17. The van der Waals surface area contributed by atoms with E-state index in [4.69, 9.17) is 12.2 Å². The quantitative estimate of drug-likeness (QED) is 0.624. The molecule has 0 spiro atoms. The standard InChI is InChI=1S/C14H20N2S2/c1-10-8-11(2)13(12(3)9-10)15-4-6-16(7-5-15)14(17)18/h8-9H,4-7H2,1-3H3,(H,17,18). The highest BCUT2D eigenvalue weighted by atomic mass is 32.1. The summed E-state index contributed by atoms with van der Waals surface area (Å²) in [7, 11) is 0. The molecule has 0 aromatic heterocycles. The number of benzene rings is 1. The zero-order valence-corrected chi connectivity index (χ0v) is 12.9. The van der Waals surface area contributed by atoms with Crippen LogP contribution < -0.4 is 4.90 Å². The van der Waals surface area contributed by atoms with Gasteiger partial charge in [-0.25, -0.2) is 0 Å². The second-order valence-electron chi connectivity index (χ2n) is 5.00. The van der Waals surface area contributed by atoms with Gasteiger partial charge >= 0.3 is 0 Å². The molecular weight excluding hydrogens is 260 g/mol. The Bertz CT molecular complexity index is 440. The Labute approximate surface area is 120 Å². The Kier molecular flexibility index (Phi) is 4.17. The van der Waals surface area contributed by atoms with Gasteiger partial charge in [0.2, 0.25) is 0 Å². The van der Waals surface area contributed by atoms with Crippen molar-refractivity contribution in [3.63, 3.8) is 0 Å². The third kappa shape index (κ3) is 2.81. The molecule has 1 heterocycles. The number of rotatable bonds is 1. The molecule has 0 amide bonds. The highest BCUT2D eigenvalue weighted by Crippen LogP contribution is 2.27. The lowest BCUT2D eigenvalue weighted by molar-refractivity contribution is 0.397. The third-order valence-corrected chi connectivity index (χ3v) is 4.04. The van der Waals surface area contributed by atoms with Crippen LogP contribution in [0.4, 0.5) is 5.69 Å². The molecule has 1 saturated heterocycles. The summed E-state index contributed by atoms with van der Waals surface area (Å²) < 4.78 is 0.715. The van der Waals surface area contributed by atoms with Crippen LogP contribution in [0.1, 0.15) is 16.7 Å². The molecule has 0 aliphatic carbocycles. The number of hydrogen-bond donors (Lipinski definition) is 1. The summed E-state index contributed by atoms with van der Waals surface area (Å²) in [4.78, 5) is 4.63. The van der Waals surface area contributed by atoms with Crippen LogP contribution in [0.2, 0.25) is 0 Å². The van der Waals surface area contributed by atoms with E-state index < -0.39 is 0 Å². The number of thiol groups is 1. The minimum atomic E-state index is 0.715. The molecule has 1 aliphatic heterocycles. The van der Waals surface area contributed by atoms with Crippen molar-refractivity contribution in [2.75, 3.05) is 31.1 Å². The lowest BCUT2D eigenvalue weighted by Crippen LogP contribution is -2.47. The van der Waals surface area contributed by atoms with Crippen LogP contribution in [0.15, 0.2) is 12.1 Å². The number of thiocarbonyl (C=S) groups is 1. The van der Waals surface area contributed by atoms with E-state index in [0.29, 0.717) is 4.32 Å². The Morgan fingerprint density at radius 2 is 1.56 bits per heavy atom. The molecule has 1 aromatic carbocycles. The highest BCUT2D eigenvalue weighted by molar-refractivity contribution is 8.10. The molecule has 1 aliphatic rings. The molecule has 18 heavy (non-hydrogen) atoms. The lowest BCUT2D eigenvalue weighted by atomic mass is 10.0. The van der Waals surface area contributed by atoms with Crippen LogP contribution in [-0.2, 0) is 0 Å². The van der Waals surface area contributed by atoms with Crippen molar-refractivity contribution in [1.29, 1.82) is 0 Å². The molecule has 0 atom stereocenters. The molecule has 0 radical (unpaired) electrons. The van der Waals surface area contributed by atoms with Crippen LogP contribution in [-0.4, -0.2) is 35.4 Å². The number of anilines is 1. The van der Waals surface area contributed by atoms with Gasteiger partial charge in [-0.15, -0.1) is 12.6 Å². The monoisotopic (exact) mass is 280 g/mol. The van der Waals surface area contributed by atoms with Gasteiger partial charge in [-0.1, -0.05) is 29.9 Å². The molecule has 2 nitrogen and oxygen atoms in total. The summed E-state index contributed by atoms with van der Waals surface area (Å²) in [6, 6.07) is 4.52. The molecular formula is C14H20N2S2. The number of hydrogen-bond acceptors (Lipinski definition) is 2. The van der Waals surface area contributed by atoms with Crippen molar-refractivity contribution in [1.82, 2.24) is 4.90 Å². The van der Waals surface area contributed by atoms with Crippen molar-refractivity contribution < 1.29 is 0 Å². The van der Waals surface area contributed by atoms with Gasteiger partial charge in [0, 0.05) is 31.9 Å². The highest BCUT2D eigenvalue weighted by Gasteiger charge is 2.20. The van der Waals surface area contributed by atoms with Gasteiger partial charge in [-0.2, -0.15) is 0 Å². The van der Waals surface area contributed by atoms with E-state index in [2.05, 4.69) is 55.3 Å². The predicted octanol–water partition coefficient (Wildman–Crippen LogP) is 2.95. The van der Waals surface area contributed by atoms with Crippen LogP contribution in [0.25, 0.3) is 0 Å². The van der Waals surface area contributed by atoms with Gasteiger partial charge in [-0.3, -0.25) is 0 Å². The molecule has 0 saturated carbocycles. The average molecular weight is 280 g/mol. The Hall–Kier alpha value is -0.740. The van der Waals surface area contributed by atoms with Crippen molar-refractivity contribution in [3.8, 4) is 0 Å². The molecule has 0 N–H and O–H groups in total. The summed E-state index contributed by atoms with van der Waals surface area (Å²) in [5.74, 6) is 0. The predicted molar refractivity (Wildman–Crippen MR) is 86.0 cm³/mol. The van der Waals surface area contributed by atoms with Crippen molar-refractivity contribution in [2.24, 2.45) is 0 Å². The smallest absolute Gasteiger partial charge is 0.133 e. The zero-order chi connectivity index (χ0) is 13.3. The second kappa shape index (κ2) is 5.49. The Morgan fingerprint density at radius 1 is 1.06 bits per heavy atom. The van der Waals surface area contributed by atoms with Gasteiger partial charge in [0.25, 0.3) is 0 Å². The van der Waals surface area contributed by atoms with Crippen LogP contribution in [0, 0.1) is 20.8 Å². The summed E-state index contributed by atoms with van der Waals surface area (Å²) in [5.41, 5.74) is 5.47. The number of piperazine rings is 1. The van der Waals surface area contributed by atoms with Gasteiger partial charge in [-0.05, 0) is 31.9 Å². The lowest BCUT2D eigenvalue weighted by Gasteiger charge is -2.38. The first-order valence-corrected chi connectivity index (χ1v) is 7.15. The van der Waals surface area contributed by atoms with E-state index in [1.807, 2.05) is 0 Å². The molecule has 1 aromatic rings. The van der Waals surface area contributed by atoms with Crippen molar-refractivity contribution >= 4 is 34.9 Å². The first-order chi connectivity index (χ1) is 8.49. The second-order valence-corrected chi connectivity index (χ2v) is 6.12. The topological polar surface area (TPSA) is 6.48 Å². The summed E-state index contributed by atoms with van der Waals surface area (Å²) in [5, 5.41) is 0. The zero-order valence-electron chi connectivity index (χ0n) is 11.2. The third-order valence-electron chi connectivity index (χ3n) is 3.50. The maximum atomic E-state index is 5.11. The fourth-order valence-electron chi connectivity index (χ4n) is 2.79. The molecule has 0 bridgehead atoms. The summed E-state index contributed by atoms with van der Waals surface area (Å²) in [6.45, 7) is 10.5. The largest absolute Gasteiger partial charge is 0.368 e. The van der Waals surface area contributed by atoms with Crippen molar-refractivity contribution in [2.45, 2.75) is 20.8 Å². The first kappa shape index (κ1) is 13.7. The number of nitrogens with zero attached hydrogens (tertiary/aromatic N) is 2. The van der Waals surface area contributed by atoms with E-state index >= 15 is 0 Å². The normalized spacial score (nSPS) is 16.0. The molecule has 1 fully saturated rings. The average Bonchev–Trinajstić information content (AvgIpc) is 2.28. The minimum absolute atomic E-state index is 0.715. The van der Waals surface area contributed by atoms with Gasteiger partial charge in [0.1, 0.15) is 4.32 Å². The van der Waals surface area contributed by atoms with E-state index in [-0.39, 0.29) is 0 Å². The van der Waals surface area contributed by atoms with Gasteiger partial charge < -0.3 is 9.80 Å². The van der Waals surface area contributed by atoms with Crippen LogP contribution in [0.5, 0.6) is 0 Å². The maximum absolute atomic E-state index is 5.11. The molecule has 2 rings (SSSR count). The maximum Gasteiger partial charge on any atom is 0.133 e. The van der Waals surface area contributed by atoms with Crippen molar-refractivity contribution in [3.05, 3.63) is 28.8 Å². The fraction of sp³-hybridized carbons (Fsp3) is 0.500. The minimum Gasteiger partial charge on any atom is -0.368 e. The van der Waals surface area contributed by atoms with E-state index in [0.717, 1.165) is 26.2 Å². The fourth-order valence-corrected chi connectivity index (χ4v) is 3.18. The molecule has 98 valence electrons. The van der Waals surface area contributed by atoms with Gasteiger partial charge in [0.05, 0.1) is 0 Å². The summed E-state index contributed by atoms with van der Waals surface area (Å²) in [6.07, 6.45) is 0. The molecule has 4 heteroatoms. The van der Waals surface area contributed by atoms with E-state index in [1.165, 1.54) is 22.4 Å². The van der Waals surface area contributed by atoms with Crippen LogP contribution >= 0.6 is 24.8 Å². The van der Waals surface area contributed by atoms with Gasteiger partial charge in [0.15, 0.2) is 0 Å². The van der Waals surface area contributed by atoms with E-state index in [9.17, 15) is 0 Å². The Morgan fingerprint density at radius 3 is 2.00 bits per heavy atom. The molecule has 0 unspecified atom stereocenters. The van der Waals surface area contributed by atoms with Crippen LogP contribution in [0.3, 0.4) is 0 Å².